The van der Waals surface area contributed by atoms with Crippen LogP contribution in [0.2, 0.25) is 0 Å². The molecular formula is C28H32N4O4S. The van der Waals surface area contributed by atoms with Gasteiger partial charge in [-0.05, 0) is 68.9 Å². The molecule has 1 heterocycles. The number of nitrogens with one attached hydrogen (secondary N) is 1. The molecule has 1 fully saturated rings. The predicted octanol–water partition coefficient (Wildman–Crippen LogP) is 4.30. The Morgan fingerprint density at radius 3 is 2.41 bits per heavy atom. The van der Waals surface area contributed by atoms with E-state index in [2.05, 4.69) is 17.5 Å². The molecule has 0 aromatic heterocycles. The summed E-state index contributed by atoms with van der Waals surface area (Å²) in [6.45, 7) is 5.79. The van der Waals surface area contributed by atoms with E-state index in [4.69, 9.17) is 4.74 Å². The second kappa shape index (κ2) is 12.0. The average Bonchev–Trinajstić information content (AvgIpc) is 2.87. The van der Waals surface area contributed by atoms with Crippen molar-refractivity contribution in [2.24, 2.45) is 0 Å². The van der Waals surface area contributed by atoms with Crippen molar-refractivity contribution >= 4 is 22.8 Å². The molecule has 2 unspecified atom stereocenters. The number of rotatable bonds is 6. The third-order valence-corrected chi connectivity index (χ3v) is 7.00. The van der Waals surface area contributed by atoms with Crippen LogP contribution in [0, 0.1) is 22.7 Å². The number of nitriles is 2. The first-order chi connectivity index (χ1) is 17.5. The molecule has 0 aliphatic carbocycles. The van der Waals surface area contributed by atoms with Gasteiger partial charge in [0.15, 0.2) is 0 Å². The molecule has 1 aliphatic heterocycles. The van der Waals surface area contributed by atoms with Crippen molar-refractivity contribution in [1.29, 1.82) is 10.5 Å². The van der Waals surface area contributed by atoms with Gasteiger partial charge in [-0.15, -0.1) is 0 Å². The maximum Gasteiger partial charge on any atom is 0.410 e. The van der Waals surface area contributed by atoms with Crippen LogP contribution in [0.25, 0.3) is 11.1 Å². The fourth-order valence-electron chi connectivity index (χ4n) is 4.24. The number of hydrogen-bond donors (Lipinski definition) is 1. The molecule has 2 amide bonds. The zero-order valence-corrected chi connectivity index (χ0v) is 22.4. The maximum atomic E-state index is 13.1. The SMILES string of the molecule is CS(=O)c1cc(-c2ccc(C[C@@H](C#N)NC(=O)C3CCCCN3C(=O)OC(C)(C)C)cc2)ccc1C#N. The van der Waals surface area contributed by atoms with E-state index in [9.17, 15) is 24.3 Å². The predicted molar refractivity (Wildman–Crippen MR) is 141 cm³/mol. The molecule has 1 saturated heterocycles. The van der Waals surface area contributed by atoms with Crippen LogP contribution < -0.4 is 5.32 Å². The number of carbonyl (C=O) groups excluding carboxylic acids is 2. The minimum Gasteiger partial charge on any atom is -0.444 e. The Morgan fingerprint density at radius 1 is 1.14 bits per heavy atom. The van der Waals surface area contributed by atoms with Gasteiger partial charge in [0.25, 0.3) is 0 Å². The molecule has 194 valence electrons. The van der Waals surface area contributed by atoms with Crippen LogP contribution in [-0.2, 0) is 26.8 Å². The van der Waals surface area contributed by atoms with Crippen molar-refractivity contribution in [3.8, 4) is 23.3 Å². The minimum atomic E-state index is -1.29. The molecule has 0 radical (unpaired) electrons. The van der Waals surface area contributed by atoms with Gasteiger partial charge >= 0.3 is 6.09 Å². The summed E-state index contributed by atoms with van der Waals surface area (Å²) in [6.07, 6.45) is 3.46. The van der Waals surface area contributed by atoms with Gasteiger partial charge in [0.05, 0.1) is 27.3 Å². The summed E-state index contributed by atoms with van der Waals surface area (Å²) in [6, 6.07) is 15.5. The molecule has 0 saturated carbocycles. The number of carbonyl (C=O) groups is 2. The number of piperidine rings is 1. The molecular weight excluding hydrogens is 488 g/mol. The topological polar surface area (TPSA) is 123 Å². The lowest BCUT2D eigenvalue weighted by Crippen LogP contribution is -2.54. The fraction of sp³-hybridized carbons (Fsp3) is 0.429. The lowest BCUT2D eigenvalue weighted by atomic mass is 9.99. The van der Waals surface area contributed by atoms with Gasteiger partial charge in [-0.3, -0.25) is 13.9 Å². The molecule has 8 nitrogen and oxygen atoms in total. The number of ether oxygens (including phenoxy) is 1. The highest BCUT2D eigenvalue weighted by molar-refractivity contribution is 7.84. The molecule has 1 aliphatic rings. The van der Waals surface area contributed by atoms with E-state index in [0.29, 0.717) is 29.8 Å². The van der Waals surface area contributed by atoms with E-state index >= 15 is 0 Å². The Bertz CT molecular complexity index is 1250. The number of nitrogens with zero attached hydrogens (tertiary/aromatic N) is 3. The summed E-state index contributed by atoms with van der Waals surface area (Å²) in [4.78, 5) is 27.6. The van der Waals surface area contributed by atoms with E-state index in [-0.39, 0.29) is 5.91 Å². The first kappa shape index (κ1) is 27.9. The van der Waals surface area contributed by atoms with E-state index in [1.807, 2.05) is 30.3 Å². The van der Waals surface area contributed by atoms with Crippen LogP contribution in [0.3, 0.4) is 0 Å². The highest BCUT2D eigenvalue weighted by Gasteiger charge is 2.35. The van der Waals surface area contributed by atoms with Crippen molar-refractivity contribution in [2.75, 3.05) is 12.8 Å². The fourth-order valence-corrected chi connectivity index (χ4v) is 4.96. The maximum absolute atomic E-state index is 13.1. The van der Waals surface area contributed by atoms with Gasteiger partial charge in [-0.25, -0.2) is 4.79 Å². The second-order valence-electron chi connectivity index (χ2n) is 10.1. The van der Waals surface area contributed by atoms with Gasteiger partial charge in [0, 0.05) is 19.2 Å². The van der Waals surface area contributed by atoms with E-state index in [1.54, 1.807) is 39.2 Å². The number of amides is 2. The third-order valence-electron chi connectivity index (χ3n) is 6.04. The van der Waals surface area contributed by atoms with Crippen LogP contribution in [-0.4, -0.2) is 51.6 Å². The molecule has 1 N–H and O–H groups in total. The quantitative estimate of drug-likeness (QED) is 0.606. The van der Waals surface area contributed by atoms with Crippen LogP contribution >= 0.6 is 0 Å². The summed E-state index contributed by atoms with van der Waals surface area (Å²) in [7, 11) is -1.29. The molecule has 0 bridgehead atoms. The highest BCUT2D eigenvalue weighted by atomic mass is 32.2. The molecule has 3 atom stereocenters. The first-order valence-electron chi connectivity index (χ1n) is 12.2. The summed E-state index contributed by atoms with van der Waals surface area (Å²) >= 11 is 0. The van der Waals surface area contributed by atoms with Crippen molar-refractivity contribution in [3.05, 3.63) is 53.6 Å². The third kappa shape index (κ3) is 7.41. The normalized spacial score (nSPS) is 17.1. The smallest absolute Gasteiger partial charge is 0.410 e. The Balaban J connectivity index is 1.68. The highest BCUT2D eigenvalue weighted by Crippen LogP contribution is 2.25. The molecule has 0 spiro atoms. The van der Waals surface area contributed by atoms with Crippen LogP contribution in [0.5, 0.6) is 0 Å². The largest absolute Gasteiger partial charge is 0.444 e. The van der Waals surface area contributed by atoms with Crippen LogP contribution in [0.1, 0.15) is 51.2 Å². The Morgan fingerprint density at radius 2 is 1.81 bits per heavy atom. The Kier molecular flexibility index (Phi) is 9.07. The first-order valence-corrected chi connectivity index (χ1v) is 13.7. The number of likely N-dealkylation sites (tertiary alicyclic amines) is 1. The van der Waals surface area contributed by atoms with Crippen molar-refractivity contribution in [3.63, 3.8) is 0 Å². The molecule has 9 heteroatoms. The zero-order chi connectivity index (χ0) is 27.2. The van der Waals surface area contributed by atoms with Gasteiger partial charge in [0.2, 0.25) is 5.91 Å². The van der Waals surface area contributed by atoms with E-state index < -0.39 is 34.6 Å². The van der Waals surface area contributed by atoms with Crippen molar-refractivity contribution < 1.29 is 18.5 Å². The van der Waals surface area contributed by atoms with Gasteiger partial charge in [0.1, 0.15) is 23.8 Å². The lowest BCUT2D eigenvalue weighted by Gasteiger charge is -2.36. The summed E-state index contributed by atoms with van der Waals surface area (Å²) in [5.74, 6) is -0.355. The summed E-state index contributed by atoms with van der Waals surface area (Å²) in [5.41, 5.74) is 2.30. The lowest BCUT2D eigenvalue weighted by molar-refractivity contribution is -0.128. The van der Waals surface area contributed by atoms with E-state index in [0.717, 1.165) is 29.5 Å². The number of benzene rings is 2. The van der Waals surface area contributed by atoms with Gasteiger partial charge < -0.3 is 10.1 Å². The molecule has 37 heavy (non-hydrogen) atoms. The zero-order valence-electron chi connectivity index (χ0n) is 21.6. The van der Waals surface area contributed by atoms with Crippen molar-refractivity contribution in [2.45, 2.75) is 69.0 Å². The van der Waals surface area contributed by atoms with Gasteiger partial charge in [-0.1, -0.05) is 30.3 Å². The van der Waals surface area contributed by atoms with Crippen molar-refractivity contribution in [1.82, 2.24) is 10.2 Å². The number of hydrogen-bond acceptors (Lipinski definition) is 6. The Labute approximate surface area is 220 Å². The van der Waals surface area contributed by atoms with Crippen LogP contribution in [0.15, 0.2) is 47.4 Å². The van der Waals surface area contributed by atoms with E-state index in [1.165, 1.54) is 4.90 Å². The monoisotopic (exact) mass is 520 g/mol. The Hall–Kier alpha value is -3.69. The van der Waals surface area contributed by atoms with Crippen LogP contribution in [0.4, 0.5) is 4.79 Å². The standard InChI is InChI=1S/C28H32N4O4S/c1-28(2,3)36-27(34)32-14-6-5-7-24(32)26(33)31-23(18-30)15-19-8-10-20(11-9-19)21-12-13-22(17-29)25(16-21)37(4)35/h8-13,16,23-24H,5-7,14-15H2,1-4H3,(H,31,33)/t23-,24?,37?/m0/s1. The molecule has 2 aromatic carbocycles. The van der Waals surface area contributed by atoms with Gasteiger partial charge in [-0.2, -0.15) is 10.5 Å². The average molecular weight is 521 g/mol. The summed E-state index contributed by atoms with van der Waals surface area (Å²) < 4.78 is 17.5. The minimum absolute atomic E-state index is 0.305. The molecule has 3 rings (SSSR count). The molecule has 2 aromatic rings. The second-order valence-corrected chi connectivity index (χ2v) is 11.4. The summed E-state index contributed by atoms with van der Waals surface area (Å²) in [5, 5.41) is 21.7.